The van der Waals surface area contributed by atoms with Crippen LogP contribution in [0.4, 0.5) is 0 Å². The minimum absolute atomic E-state index is 0.171. The molecule has 2 aromatic heterocycles. The van der Waals surface area contributed by atoms with Crippen LogP contribution in [0.15, 0.2) is 189 Å². The van der Waals surface area contributed by atoms with Gasteiger partial charge in [0.05, 0.1) is 45.4 Å². The van der Waals surface area contributed by atoms with E-state index in [0.717, 1.165) is 73.1 Å². The number of nitrogens with one attached hydrogen (secondary N) is 1. The summed E-state index contributed by atoms with van der Waals surface area (Å²) < 4.78 is 1.99. The number of aliphatic imine (C=N–C) groups is 3. The fraction of sp³-hybridized carbons (Fsp3) is 0.0435. The zero-order chi connectivity index (χ0) is 38.5. The number of allylic oxidation sites excluding steroid dienone is 11. The number of aromatic carboxylic acids is 2. The predicted molar refractivity (Wildman–Crippen MR) is 217 cm³/mol. The summed E-state index contributed by atoms with van der Waals surface area (Å²) in [6.45, 7) is 0. The highest BCUT2D eigenvalue weighted by atomic mass is 16.4. The Bertz CT molecular complexity index is 2760. The molecule has 4 aromatic rings. The Labute approximate surface area is 321 Å². The Morgan fingerprint density at radius 1 is 0.536 bits per heavy atom. The Kier molecular flexibility index (Phi) is 8.28. The van der Waals surface area contributed by atoms with Crippen molar-refractivity contribution in [2.45, 2.75) is 0 Å². The quantitative estimate of drug-likeness (QED) is 0.183. The number of carboxylic acids is 2. The summed E-state index contributed by atoms with van der Waals surface area (Å²) in [6, 6.07) is 21.7. The Morgan fingerprint density at radius 2 is 0.946 bits per heavy atom. The van der Waals surface area contributed by atoms with Crippen LogP contribution in [0.1, 0.15) is 48.8 Å². The first-order valence-electron chi connectivity index (χ1n) is 17.9. The van der Waals surface area contributed by atoms with Gasteiger partial charge in [-0.3, -0.25) is 0 Å². The van der Waals surface area contributed by atoms with E-state index in [1.54, 1.807) is 48.5 Å². The number of aromatic nitrogens is 2. The Balaban J connectivity index is 1.35. The highest BCUT2D eigenvalue weighted by molar-refractivity contribution is 6.36. The van der Waals surface area contributed by atoms with Crippen LogP contribution in [0.25, 0.3) is 16.7 Å². The van der Waals surface area contributed by atoms with Gasteiger partial charge in [-0.15, -0.1) is 0 Å². The zero-order valence-electron chi connectivity index (χ0n) is 30.3. The van der Waals surface area contributed by atoms with E-state index in [-0.39, 0.29) is 11.1 Å². The van der Waals surface area contributed by atoms with Gasteiger partial charge in [0.2, 0.25) is 0 Å². The highest BCUT2D eigenvalue weighted by Gasteiger charge is 2.27. The summed E-state index contributed by atoms with van der Waals surface area (Å²) >= 11 is 0. The topological polar surface area (TPSA) is 135 Å². The van der Waals surface area contributed by atoms with Gasteiger partial charge in [0.15, 0.2) is 12.4 Å². The molecule has 7 heterocycles. The molecule has 0 radical (unpaired) electrons. The van der Waals surface area contributed by atoms with Crippen LogP contribution in [-0.2, 0) is 7.05 Å². The van der Waals surface area contributed by atoms with Gasteiger partial charge in [0, 0.05) is 65.3 Å². The van der Waals surface area contributed by atoms with Crippen molar-refractivity contribution in [3.8, 4) is 0 Å². The molecule has 10 nitrogen and oxygen atoms in total. The molecule has 0 amide bonds. The van der Waals surface area contributed by atoms with Gasteiger partial charge in [-0.1, -0.05) is 24.3 Å². The van der Waals surface area contributed by atoms with Crippen molar-refractivity contribution in [1.82, 2.24) is 9.88 Å². The van der Waals surface area contributed by atoms with Crippen molar-refractivity contribution in [2.24, 2.45) is 22.0 Å². The van der Waals surface area contributed by atoms with Crippen LogP contribution in [0.5, 0.6) is 0 Å². The fourth-order valence-corrected chi connectivity index (χ4v) is 7.24. The molecule has 0 saturated carbocycles. The average molecular weight is 734 g/mol. The molecule has 0 unspecified atom stereocenters. The molecule has 10 heteroatoms. The molecule has 0 aliphatic carbocycles. The van der Waals surface area contributed by atoms with Crippen LogP contribution >= 0.6 is 0 Å². The van der Waals surface area contributed by atoms with E-state index in [2.05, 4.69) is 29.3 Å². The first kappa shape index (κ1) is 34.1. The summed E-state index contributed by atoms with van der Waals surface area (Å²) in [7, 11) is 3.95. The molecule has 0 saturated heterocycles. The molecule has 0 atom stereocenters. The Morgan fingerprint density at radius 3 is 1.41 bits per heavy atom. The summed E-state index contributed by atoms with van der Waals surface area (Å²) in [4.78, 5) is 45.1. The number of aromatic amines is 1. The van der Waals surface area contributed by atoms with Crippen LogP contribution in [0, 0.1) is 0 Å². The van der Waals surface area contributed by atoms with Crippen molar-refractivity contribution in [2.75, 3.05) is 7.05 Å². The summed E-state index contributed by atoms with van der Waals surface area (Å²) in [5.74, 6) is -2.02. The smallest absolute Gasteiger partial charge is 0.335 e. The second-order valence-corrected chi connectivity index (χ2v) is 13.7. The summed E-state index contributed by atoms with van der Waals surface area (Å²) in [5, 5.41) is 19.3. The number of carboxylic acid groups (broad SMARTS) is 2. The number of pyridine rings is 1. The van der Waals surface area contributed by atoms with Crippen molar-refractivity contribution < 1.29 is 24.4 Å². The van der Waals surface area contributed by atoms with E-state index < -0.39 is 11.9 Å². The molecular formula is C46H33N6O4+. The van der Waals surface area contributed by atoms with E-state index in [0.29, 0.717) is 17.1 Å². The van der Waals surface area contributed by atoms with E-state index >= 15 is 0 Å². The van der Waals surface area contributed by atoms with Gasteiger partial charge in [-0.05, 0) is 107 Å². The molecule has 56 heavy (non-hydrogen) atoms. The van der Waals surface area contributed by atoms with Crippen LogP contribution in [0.3, 0.4) is 0 Å². The highest BCUT2D eigenvalue weighted by Crippen LogP contribution is 2.38. The van der Waals surface area contributed by atoms with E-state index in [1.165, 1.54) is 0 Å². The number of benzene rings is 2. The number of aryl methyl sites for hydroxylation is 1. The SMILES string of the molecule is CN1C=CC(=C2C3=NC(=C(c4ccc(C(=O)O)cc4)C4=NC(=C(c5ccc(C(=O)O)cc5)c5ccc([nH]5)C(c5cc[n+](C)cc5)=C5C=CC2=N5)C=C4)C=C3)C=C1. The van der Waals surface area contributed by atoms with E-state index in [1.807, 2.05) is 96.9 Å². The van der Waals surface area contributed by atoms with Crippen molar-refractivity contribution in [1.29, 1.82) is 0 Å². The zero-order valence-corrected chi connectivity index (χ0v) is 30.3. The van der Waals surface area contributed by atoms with Gasteiger partial charge >= 0.3 is 11.9 Å². The maximum absolute atomic E-state index is 11.8. The van der Waals surface area contributed by atoms with Gasteiger partial charge in [0.25, 0.3) is 0 Å². The number of rotatable bonds is 5. The minimum Gasteiger partial charge on any atom is -0.478 e. The molecule has 2 aromatic carbocycles. The fourth-order valence-electron chi connectivity index (χ4n) is 7.24. The molecule has 3 N–H and O–H groups in total. The standard InChI is InChI=1S/C46H32N6O4/c1-51-23-19-29(20-24-51)43-37-15-13-35(48-37)41(27-3-7-31(8-4-27)45(53)54)33-11-12-34(47-33)42(28-5-9-32(10-6-28)46(55)56)36-14-16-38(49-36)44(40-18-17-39(43)50-40)30-21-25-52(2)26-22-30/h3-26H,1-2H3,(H2-,47,48,49,50,53,54,55,56)/p+1. The predicted octanol–water partition coefficient (Wildman–Crippen LogP) is 7.48. The second-order valence-electron chi connectivity index (χ2n) is 13.7. The van der Waals surface area contributed by atoms with Gasteiger partial charge in [-0.25, -0.2) is 29.1 Å². The first-order valence-corrected chi connectivity index (χ1v) is 17.9. The van der Waals surface area contributed by atoms with E-state index in [4.69, 9.17) is 15.0 Å². The van der Waals surface area contributed by atoms with Gasteiger partial charge in [0.1, 0.15) is 7.05 Å². The van der Waals surface area contributed by atoms with Gasteiger partial charge in [-0.2, -0.15) is 0 Å². The Hall–Kier alpha value is -7.72. The average Bonchev–Trinajstić information content (AvgIpc) is 4.05. The normalized spacial score (nSPS) is 17.0. The number of carbonyl (C=O) groups is 2. The maximum atomic E-state index is 11.8. The minimum atomic E-state index is -1.01. The van der Waals surface area contributed by atoms with Crippen molar-refractivity contribution in [3.05, 3.63) is 214 Å². The number of fused-ring (bicyclic) bond motifs is 5. The molecular weight excluding hydrogens is 701 g/mol. The lowest BCUT2D eigenvalue weighted by Crippen LogP contribution is -2.25. The molecule has 9 rings (SSSR count). The van der Waals surface area contributed by atoms with Crippen molar-refractivity contribution in [3.63, 3.8) is 0 Å². The number of H-pyrrole nitrogens is 1. The monoisotopic (exact) mass is 733 g/mol. The van der Waals surface area contributed by atoms with Crippen molar-refractivity contribution >= 4 is 45.8 Å². The van der Waals surface area contributed by atoms with Crippen LogP contribution < -0.4 is 4.57 Å². The largest absolute Gasteiger partial charge is 0.478 e. The van der Waals surface area contributed by atoms with Gasteiger partial charge < -0.3 is 20.1 Å². The lowest BCUT2D eigenvalue weighted by Gasteiger charge is -2.16. The third kappa shape index (κ3) is 6.14. The molecule has 8 bridgehead atoms. The third-order valence-corrected chi connectivity index (χ3v) is 10.1. The summed E-state index contributed by atoms with van der Waals surface area (Å²) in [5.41, 5.74) is 12.8. The number of hydrogen-bond donors (Lipinski definition) is 3. The van der Waals surface area contributed by atoms with E-state index in [9.17, 15) is 19.8 Å². The molecule has 0 spiro atoms. The third-order valence-electron chi connectivity index (χ3n) is 10.1. The molecule has 270 valence electrons. The second kappa shape index (κ2) is 13.6. The van der Waals surface area contributed by atoms with Crippen LogP contribution in [0.2, 0.25) is 0 Å². The maximum Gasteiger partial charge on any atom is 0.335 e. The lowest BCUT2D eigenvalue weighted by atomic mass is 9.97. The summed E-state index contributed by atoms with van der Waals surface area (Å²) in [6.07, 6.45) is 24.0. The van der Waals surface area contributed by atoms with Crippen LogP contribution in [-0.4, -0.2) is 56.2 Å². The molecule has 5 aliphatic heterocycles. The molecule has 5 aliphatic rings. The molecule has 0 fully saturated rings. The number of nitrogens with zero attached hydrogens (tertiary/aromatic N) is 5. The number of hydrogen-bond acceptors (Lipinski definition) is 6. The first-order chi connectivity index (χ1) is 27.2. The lowest BCUT2D eigenvalue weighted by molar-refractivity contribution is -0.671.